The van der Waals surface area contributed by atoms with Gasteiger partial charge in [0.15, 0.2) is 5.72 Å². The summed E-state index contributed by atoms with van der Waals surface area (Å²) >= 11 is 0. The fourth-order valence-corrected chi connectivity index (χ4v) is 6.32. The van der Waals surface area contributed by atoms with Crippen molar-refractivity contribution >= 4 is 11.9 Å². The Kier molecular flexibility index (Phi) is 9.83. The van der Waals surface area contributed by atoms with Crippen molar-refractivity contribution < 1.29 is 76.1 Å². The fraction of sp³-hybridized carbons (Fsp3) is 0.533. The average Bonchev–Trinajstić information content (AvgIpc) is 2.97. The Balaban J connectivity index is 1.91. The number of urea groups is 1. The zero-order chi connectivity index (χ0) is 38.2. The molecule has 4 rings (SSSR count). The lowest BCUT2D eigenvalue weighted by atomic mass is 9.77. The van der Waals surface area contributed by atoms with Crippen molar-refractivity contribution in [3.05, 3.63) is 70.0 Å². The lowest BCUT2D eigenvalue weighted by Crippen LogP contribution is -2.85. The monoisotopic (exact) mass is 728 g/mol. The molecule has 20 heteroatoms. The highest BCUT2D eigenvalue weighted by Gasteiger charge is 2.75. The summed E-state index contributed by atoms with van der Waals surface area (Å²) in [6.45, 7) is 2.11. The molecule has 0 aliphatic carbocycles. The second-order valence-corrected chi connectivity index (χ2v) is 12.5. The van der Waals surface area contributed by atoms with Gasteiger partial charge in [-0.25, -0.2) is 9.18 Å². The van der Waals surface area contributed by atoms with E-state index < -0.39 is 81.7 Å². The zero-order valence-corrected chi connectivity index (χ0v) is 26.8. The zero-order valence-electron chi connectivity index (χ0n) is 26.8. The summed E-state index contributed by atoms with van der Waals surface area (Å²) in [6.07, 6.45) is -10.8. The number of aryl methyl sites for hydroxylation is 1. The second-order valence-electron chi connectivity index (χ2n) is 12.5. The molecule has 2 aromatic carbocycles. The molecular formula is C30H35F7N4O9. The summed E-state index contributed by atoms with van der Waals surface area (Å²) in [5.41, 5.74) is -8.79. The van der Waals surface area contributed by atoms with Crippen LogP contribution >= 0.6 is 0 Å². The number of alkyl halides is 6. The van der Waals surface area contributed by atoms with Crippen molar-refractivity contribution in [2.75, 3.05) is 33.2 Å². The van der Waals surface area contributed by atoms with Crippen molar-refractivity contribution in [2.24, 2.45) is 0 Å². The molecular weight excluding hydrogens is 693 g/mol. The highest BCUT2D eigenvalue weighted by Crippen LogP contribution is 2.51. The van der Waals surface area contributed by atoms with Crippen molar-refractivity contribution in [2.45, 2.75) is 68.4 Å². The van der Waals surface area contributed by atoms with Gasteiger partial charge in [-0.05, 0) is 55.3 Å². The van der Waals surface area contributed by atoms with Crippen molar-refractivity contribution in [1.82, 2.24) is 19.6 Å². The van der Waals surface area contributed by atoms with Gasteiger partial charge < -0.3 is 40.6 Å². The van der Waals surface area contributed by atoms with Crippen LogP contribution in [0.1, 0.15) is 47.7 Å². The number of halogens is 7. The second kappa shape index (κ2) is 12.5. The van der Waals surface area contributed by atoms with Crippen LogP contribution in [0.4, 0.5) is 35.5 Å². The Bertz CT molecular complexity index is 1610. The van der Waals surface area contributed by atoms with Gasteiger partial charge in [0.05, 0.1) is 11.1 Å². The maximum absolute atomic E-state index is 14.2. The van der Waals surface area contributed by atoms with Gasteiger partial charge in [-0.3, -0.25) is 19.5 Å². The number of hydrogen-bond acceptors (Lipinski definition) is 10. The summed E-state index contributed by atoms with van der Waals surface area (Å²) in [7, 11) is 0.584. The minimum atomic E-state index is -5.39. The number of carbonyl (C=O) groups excluding carboxylic acids is 2. The van der Waals surface area contributed by atoms with E-state index >= 15 is 0 Å². The molecule has 3 unspecified atom stereocenters. The van der Waals surface area contributed by atoms with Crippen LogP contribution in [0.3, 0.4) is 0 Å². The van der Waals surface area contributed by atoms with Crippen molar-refractivity contribution in [1.29, 1.82) is 0 Å². The largest absolute Gasteiger partial charge is 0.416 e. The molecule has 0 aromatic heterocycles. The normalized spacial score (nSPS) is 23.7. The molecule has 2 saturated heterocycles. The summed E-state index contributed by atoms with van der Waals surface area (Å²) < 4.78 is 96.0. The maximum Gasteiger partial charge on any atom is 0.416 e. The Morgan fingerprint density at radius 1 is 0.840 bits per heavy atom. The molecule has 13 nitrogen and oxygen atoms in total. The van der Waals surface area contributed by atoms with E-state index in [4.69, 9.17) is 0 Å². The number of carbonyl (C=O) groups is 2. The van der Waals surface area contributed by atoms with E-state index in [1.807, 2.05) is 0 Å². The first kappa shape index (κ1) is 39.2. The van der Waals surface area contributed by atoms with Crippen molar-refractivity contribution in [3.8, 4) is 0 Å². The van der Waals surface area contributed by atoms with Gasteiger partial charge in [0, 0.05) is 45.7 Å². The molecule has 2 fully saturated rings. The Morgan fingerprint density at radius 2 is 1.32 bits per heavy atom. The lowest BCUT2D eigenvalue weighted by Gasteiger charge is -2.61. The number of likely N-dealkylation sites (tertiary alicyclic amines) is 1. The van der Waals surface area contributed by atoms with E-state index in [0.29, 0.717) is 14.0 Å². The van der Waals surface area contributed by atoms with Crippen LogP contribution in [0.15, 0.2) is 36.4 Å². The molecule has 278 valence electrons. The fourth-order valence-electron chi connectivity index (χ4n) is 6.32. The molecule has 0 saturated carbocycles. The first-order valence-electron chi connectivity index (χ1n) is 14.8. The topological polar surface area (TPSA) is 189 Å². The Morgan fingerprint density at radius 3 is 1.76 bits per heavy atom. The molecule has 2 aromatic rings. The molecule has 3 amide bonds. The van der Waals surface area contributed by atoms with E-state index in [1.54, 1.807) is 0 Å². The molecule has 7 N–H and O–H groups in total. The summed E-state index contributed by atoms with van der Waals surface area (Å²) in [5, 5.41) is 80.4. The lowest BCUT2D eigenvalue weighted by molar-refractivity contribution is -0.483. The molecule has 2 aliphatic rings. The third-order valence-electron chi connectivity index (χ3n) is 9.21. The first-order valence-corrected chi connectivity index (χ1v) is 14.8. The number of rotatable bonds is 4. The summed E-state index contributed by atoms with van der Waals surface area (Å²) in [5.74, 6) is -13.4. The Labute approximate surface area is 279 Å². The van der Waals surface area contributed by atoms with E-state index in [-0.39, 0.29) is 65.6 Å². The molecule has 50 heavy (non-hydrogen) atoms. The van der Waals surface area contributed by atoms with E-state index in [9.17, 15) is 76.1 Å². The van der Waals surface area contributed by atoms with E-state index in [2.05, 4.69) is 0 Å². The smallest absolute Gasteiger partial charge is 0.367 e. The maximum atomic E-state index is 14.2. The SMILES string of the molecule is CC(=O)N1CCN(C2C(O)(O)C(c3ccc(F)cc3C)N(C(=O)N(C)C(C)(O)c3cc(C(F)(F)F)cc(C(F)(F)F)c3)C(O)(O)C2(O)O)CC1. The molecule has 2 heterocycles. The van der Waals surface area contributed by atoms with Crippen LogP contribution in [0.25, 0.3) is 0 Å². The van der Waals surface area contributed by atoms with Gasteiger partial charge in [-0.2, -0.15) is 26.3 Å². The van der Waals surface area contributed by atoms with Gasteiger partial charge in [-0.15, -0.1) is 0 Å². The minimum absolute atomic E-state index is 0.00614. The standard InChI is InChI=1S/C30H35F7N4O9/c1-15-11-20(31)5-6-21(15)22-26(45,46)23(40-9-7-39(8-10-40)16(2)42)27(47,48)30(49,50)41(22)24(43)38(4)25(3,44)17-12-18(28(32,33)34)14-19(13-17)29(35,36)37/h5-6,11-14,22-23,44-50H,7-10H2,1-4H3. The summed E-state index contributed by atoms with van der Waals surface area (Å²) in [6, 6.07) is -4.67. The number of nitrogens with zero attached hydrogens (tertiary/aromatic N) is 4. The van der Waals surface area contributed by atoms with Crippen LogP contribution < -0.4 is 0 Å². The number of amides is 3. The number of hydrogen-bond donors (Lipinski definition) is 7. The molecule has 2 aliphatic heterocycles. The average molecular weight is 729 g/mol. The van der Waals surface area contributed by atoms with Crippen molar-refractivity contribution in [3.63, 3.8) is 0 Å². The number of aliphatic hydroxyl groups is 7. The van der Waals surface area contributed by atoms with Gasteiger partial charge in [0.25, 0.3) is 5.79 Å². The van der Waals surface area contributed by atoms with E-state index in [0.717, 1.165) is 23.1 Å². The van der Waals surface area contributed by atoms with Crippen LogP contribution in [-0.4, -0.2) is 124 Å². The van der Waals surface area contributed by atoms with Gasteiger partial charge in [-0.1, -0.05) is 6.07 Å². The molecule has 0 bridgehead atoms. The highest BCUT2D eigenvalue weighted by molar-refractivity contribution is 5.77. The third kappa shape index (κ3) is 6.61. The predicted octanol–water partition coefficient (Wildman–Crippen LogP) is 0.978. The quantitative estimate of drug-likeness (QED) is 0.177. The van der Waals surface area contributed by atoms with Crippen LogP contribution in [0.2, 0.25) is 0 Å². The highest BCUT2D eigenvalue weighted by atomic mass is 19.4. The van der Waals surface area contributed by atoms with Crippen LogP contribution in [-0.2, 0) is 22.9 Å². The van der Waals surface area contributed by atoms with E-state index in [1.165, 1.54) is 18.7 Å². The summed E-state index contributed by atoms with van der Waals surface area (Å²) in [4.78, 5) is 28.0. The predicted molar refractivity (Wildman–Crippen MR) is 154 cm³/mol. The molecule has 0 radical (unpaired) electrons. The third-order valence-corrected chi connectivity index (χ3v) is 9.21. The van der Waals surface area contributed by atoms with Crippen LogP contribution in [0.5, 0.6) is 0 Å². The number of piperazine rings is 1. The minimum Gasteiger partial charge on any atom is -0.367 e. The number of benzene rings is 2. The van der Waals surface area contributed by atoms with Gasteiger partial charge in [0.1, 0.15) is 17.9 Å². The Hall–Kier alpha value is -3.63. The number of piperidine rings is 1. The van der Waals surface area contributed by atoms with Gasteiger partial charge >= 0.3 is 24.3 Å². The molecule has 0 spiro atoms. The first-order chi connectivity index (χ1) is 22.6. The van der Waals surface area contributed by atoms with Crippen LogP contribution in [0, 0.1) is 12.7 Å². The molecule has 3 atom stereocenters. The van der Waals surface area contributed by atoms with Gasteiger partial charge in [0.2, 0.25) is 11.7 Å².